The Morgan fingerprint density at radius 2 is 1.86 bits per heavy atom. The Bertz CT molecular complexity index is 1300. The number of allylic oxidation sites excluding steroid dienone is 1. The van der Waals surface area contributed by atoms with Gasteiger partial charge in [-0.25, -0.2) is 4.98 Å². The third-order valence-electron chi connectivity index (χ3n) is 5.40. The summed E-state index contributed by atoms with van der Waals surface area (Å²) in [6.45, 7) is 2.77. The fourth-order valence-corrected chi connectivity index (χ4v) is 5.43. The molecule has 1 aliphatic heterocycles. The van der Waals surface area contributed by atoms with E-state index in [1.165, 1.54) is 4.90 Å². The lowest BCUT2D eigenvalue weighted by Crippen LogP contribution is -2.20. The molecule has 0 unspecified atom stereocenters. The second kappa shape index (κ2) is 7.32. The van der Waals surface area contributed by atoms with Crippen LogP contribution in [0.5, 0.6) is 0 Å². The van der Waals surface area contributed by atoms with Gasteiger partial charge in [-0.3, -0.25) is 9.36 Å². The van der Waals surface area contributed by atoms with Crippen molar-refractivity contribution >= 4 is 45.0 Å². The molecule has 0 aliphatic carbocycles. The van der Waals surface area contributed by atoms with E-state index in [1.54, 1.807) is 23.1 Å². The summed E-state index contributed by atoms with van der Waals surface area (Å²) in [4.78, 5) is 21.6. The first-order chi connectivity index (χ1) is 14.2. The van der Waals surface area contributed by atoms with Gasteiger partial charge in [-0.15, -0.1) is 23.1 Å². The molecule has 0 N–H and O–H groups in total. The molecule has 0 saturated heterocycles. The Balaban J connectivity index is 1.66. The largest absolute Gasteiger partial charge is 0.292 e. The Morgan fingerprint density at radius 1 is 1.10 bits per heavy atom. The van der Waals surface area contributed by atoms with E-state index in [9.17, 15) is 4.79 Å². The van der Waals surface area contributed by atoms with E-state index >= 15 is 0 Å². The van der Waals surface area contributed by atoms with Gasteiger partial charge in [0.2, 0.25) is 0 Å². The summed E-state index contributed by atoms with van der Waals surface area (Å²) >= 11 is 3.35. The van der Waals surface area contributed by atoms with E-state index in [2.05, 4.69) is 55.7 Å². The molecule has 2 aromatic carbocycles. The highest BCUT2D eigenvalue weighted by atomic mass is 32.2. The molecule has 1 aliphatic rings. The van der Waals surface area contributed by atoms with E-state index < -0.39 is 0 Å². The molecule has 144 valence electrons. The van der Waals surface area contributed by atoms with Crippen LogP contribution in [0.4, 0.5) is 0 Å². The summed E-state index contributed by atoms with van der Waals surface area (Å²) in [5.41, 5.74) is 4.47. The maximum Gasteiger partial charge on any atom is 0.263 e. The number of thiophene rings is 1. The molecule has 0 radical (unpaired) electrons. The van der Waals surface area contributed by atoms with Crippen LogP contribution in [0.3, 0.4) is 0 Å². The number of thioether (sulfide) groups is 1. The minimum Gasteiger partial charge on any atom is -0.292 e. The first-order valence-corrected chi connectivity index (χ1v) is 11.6. The fourth-order valence-electron chi connectivity index (χ4n) is 3.98. The van der Waals surface area contributed by atoms with Gasteiger partial charge in [-0.05, 0) is 54.5 Å². The van der Waals surface area contributed by atoms with E-state index in [-0.39, 0.29) is 5.56 Å². The molecular weight excluding hydrogens is 396 g/mol. The van der Waals surface area contributed by atoms with Crippen LogP contribution in [0.25, 0.3) is 33.0 Å². The summed E-state index contributed by atoms with van der Waals surface area (Å²) in [6.07, 6.45) is 5.08. The van der Waals surface area contributed by atoms with Gasteiger partial charge in [0.15, 0.2) is 0 Å². The number of benzene rings is 2. The second-order valence-electron chi connectivity index (χ2n) is 7.16. The molecule has 0 atom stereocenters. The number of aromatic nitrogens is 2. The van der Waals surface area contributed by atoms with Crippen molar-refractivity contribution in [1.82, 2.24) is 9.55 Å². The van der Waals surface area contributed by atoms with Gasteiger partial charge in [0.1, 0.15) is 10.7 Å². The predicted octanol–water partition coefficient (Wildman–Crippen LogP) is 6.10. The Hall–Kier alpha value is -2.63. The van der Waals surface area contributed by atoms with Gasteiger partial charge in [0.25, 0.3) is 5.56 Å². The van der Waals surface area contributed by atoms with Crippen molar-refractivity contribution in [3.63, 3.8) is 0 Å². The summed E-state index contributed by atoms with van der Waals surface area (Å²) in [6, 6.07) is 18.7. The predicted molar refractivity (Wildman–Crippen MR) is 125 cm³/mol. The van der Waals surface area contributed by atoms with Crippen LogP contribution in [-0.2, 0) is 6.54 Å². The van der Waals surface area contributed by atoms with Crippen molar-refractivity contribution < 1.29 is 0 Å². The molecule has 5 rings (SSSR count). The minimum absolute atomic E-state index is 0.0781. The summed E-state index contributed by atoms with van der Waals surface area (Å²) < 4.78 is 1.85. The van der Waals surface area contributed by atoms with E-state index in [4.69, 9.17) is 4.98 Å². The number of hydrogen-bond donors (Lipinski definition) is 0. The summed E-state index contributed by atoms with van der Waals surface area (Å²) in [5, 5.41) is 0.757. The number of aryl methyl sites for hydroxylation is 1. The lowest BCUT2D eigenvalue weighted by Gasteiger charge is -2.05. The Morgan fingerprint density at radius 3 is 2.59 bits per heavy atom. The van der Waals surface area contributed by atoms with Crippen LogP contribution in [0.1, 0.15) is 22.7 Å². The number of hydrogen-bond acceptors (Lipinski definition) is 4. The number of rotatable bonds is 3. The highest BCUT2D eigenvalue weighted by molar-refractivity contribution is 7.98. The topological polar surface area (TPSA) is 34.9 Å². The van der Waals surface area contributed by atoms with Crippen LogP contribution in [0, 0.1) is 6.92 Å². The first-order valence-electron chi connectivity index (χ1n) is 9.60. The van der Waals surface area contributed by atoms with Crippen LogP contribution >= 0.6 is 23.1 Å². The molecule has 4 aromatic rings. The quantitative estimate of drug-likeness (QED) is 0.379. The van der Waals surface area contributed by atoms with E-state index in [1.807, 2.05) is 22.8 Å². The second-order valence-corrected chi connectivity index (χ2v) is 9.25. The highest BCUT2D eigenvalue weighted by Crippen LogP contribution is 2.37. The molecule has 29 heavy (non-hydrogen) atoms. The van der Waals surface area contributed by atoms with Crippen LogP contribution in [0.2, 0.25) is 0 Å². The van der Waals surface area contributed by atoms with E-state index in [0.29, 0.717) is 6.54 Å². The van der Waals surface area contributed by atoms with Crippen molar-refractivity contribution in [2.24, 2.45) is 0 Å². The molecular formula is C24H20N2OS2. The third-order valence-corrected chi connectivity index (χ3v) is 7.14. The van der Waals surface area contributed by atoms with Crippen LogP contribution < -0.4 is 5.56 Å². The fraction of sp³-hybridized carbons (Fsp3) is 0.167. The zero-order valence-corrected chi connectivity index (χ0v) is 17.9. The van der Waals surface area contributed by atoms with Gasteiger partial charge in [-0.1, -0.05) is 42.5 Å². The molecule has 0 amide bonds. The minimum atomic E-state index is 0.0781. The van der Waals surface area contributed by atoms with Gasteiger partial charge >= 0.3 is 0 Å². The molecule has 0 bridgehead atoms. The molecule has 0 spiro atoms. The third kappa shape index (κ3) is 3.15. The number of fused-ring (bicyclic) bond motifs is 2. The standard InChI is InChI=1S/C24H20N2OS2/c1-15-20(17-6-4-3-5-7-17)21-23(29-15)25-22-18(12-13-26(22)24(21)27)14-16-8-10-19(28-2)11-9-16/h3-11,14H,12-13H2,1-2H3/b18-14+. The van der Waals surface area contributed by atoms with Crippen LogP contribution in [0.15, 0.2) is 64.3 Å². The van der Waals surface area contributed by atoms with Crippen molar-refractivity contribution in [3.05, 3.63) is 81.2 Å². The Kier molecular flexibility index (Phi) is 4.64. The maximum absolute atomic E-state index is 13.4. The van der Waals surface area contributed by atoms with Gasteiger partial charge < -0.3 is 0 Å². The molecule has 0 saturated carbocycles. The normalized spacial score (nSPS) is 14.6. The Labute approximate surface area is 177 Å². The summed E-state index contributed by atoms with van der Waals surface area (Å²) in [5.74, 6) is 0.817. The van der Waals surface area contributed by atoms with Crippen molar-refractivity contribution in [2.75, 3.05) is 6.26 Å². The van der Waals surface area contributed by atoms with Gasteiger partial charge in [0.05, 0.1) is 5.39 Å². The molecule has 5 heteroatoms. The maximum atomic E-state index is 13.4. The summed E-state index contributed by atoms with van der Waals surface area (Å²) in [7, 11) is 0. The SMILES string of the molecule is CSc1ccc(/C=C2\CCn3c2nc2sc(C)c(-c4ccccc4)c2c3=O)cc1. The van der Waals surface area contributed by atoms with E-state index in [0.717, 1.165) is 49.6 Å². The lowest BCUT2D eigenvalue weighted by atomic mass is 10.0. The average Bonchev–Trinajstić information content (AvgIpc) is 3.30. The van der Waals surface area contributed by atoms with Gasteiger partial charge in [0, 0.05) is 21.9 Å². The van der Waals surface area contributed by atoms with Gasteiger partial charge in [-0.2, -0.15) is 0 Å². The zero-order valence-electron chi connectivity index (χ0n) is 16.3. The van der Waals surface area contributed by atoms with Crippen LogP contribution in [-0.4, -0.2) is 15.8 Å². The van der Waals surface area contributed by atoms with Crippen molar-refractivity contribution in [2.45, 2.75) is 24.8 Å². The average molecular weight is 417 g/mol. The molecule has 0 fully saturated rings. The molecule has 3 heterocycles. The lowest BCUT2D eigenvalue weighted by molar-refractivity contribution is 0.726. The molecule has 3 nitrogen and oxygen atoms in total. The zero-order chi connectivity index (χ0) is 20.0. The first kappa shape index (κ1) is 18.4. The number of nitrogens with zero attached hydrogens (tertiary/aromatic N) is 2. The van der Waals surface area contributed by atoms with Crippen molar-refractivity contribution in [1.29, 1.82) is 0 Å². The highest BCUT2D eigenvalue weighted by Gasteiger charge is 2.24. The molecule has 2 aromatic heterocycles. The van der Waals surface area contributed by atoms with Crippen molar-refractivity contribution in [3.8, 4) is 11.1 Å². The smallest absolute Gasteiger partial charge is 0.263 e. The monoisotopic (exact) mass is 416 g/mol.